The number of hydrogen-bond acceptors (Lipinski definition) is 2. The van der Waals surface area contributed by atoms with E-state index >= 15 is 0 Å². The molecule has 0 fully saturated rings. The minimum Gasteiger partial charge on any atom is -0.147 e. The van der Waals surface area contributed by atoms with Crippen LogP contribution < -0.4 is 0 Å². The number of hydrogen-bond donors (Lipinski definition) is 0. The second-order valence-electron chi connectivity index (χ2n) is 13.6. The van der Waals surface area contributed by atoms with Crippen molar-refractivity contribution in [3.05, 3.63) is 166 Å². The molecule has 2 aliphatic rings. The fourth-order valence-electron chi connectivity index (χ4n) is 8.11. The first-order valence-corrected chi connectivity index (χ1v) is 25.9. The molecule has 0 amide bonds. The van der Waals surface area contributed by atoms with Crippen LogP contribution in [0, 0.1) is 27.7 Å². The second kappa shape index (κ2) is 14.7. The summed E-state index contributed by atoms with van der Waals surface area (Å²) in [6, 6.07) is 40.2. The van der Waals surface area contributed by atoms with E-state index in [2.05, 4.69) is 162 Å². The van der Waals surface area contributed by atoms with Gasteiger partial charge in [-0.1, -0.05) is 0 Å². The summed E-state index contributed by atoms with van der Waals surface area (Å²) in [6.45, 7) is 13.8. The zero-order valence-electron chi connectivity index (χ0n) is 29.3. The van der Waals surface area contributed by atoms with E-state index in [9.17, 15) is 0 Å². The van der Waals surface area contributed by atoms with Gasteiger partial charge < -0.3 is 0 Å². The van der Waals surface area contributed by atoms with Crippen molar-refractivity contribution >= 4 is 53.5 Å². The van der Waals surface area contributed by atoms with E-state index in [1.54, 1.807) is 0 Å². The van der Waals surface area contributed by atoms with Gasteiger partial charge in [-0.2, -0.15) is 0 Å². The van der Waals surface area contributed by atoms with Crippen molar-refractivity contribution in [3.63, 3.8) is 0 Å². The average Bonchev–Trinajstić information content (AvgIpc) is 3.88. The Morgan fingerprint density at radius 1 is 0.500 bits per heavy atom. The predicted molar refractivity (Wildman–Crippen MR) is 213 cm³/mol. The topological polar surface area (TPSA) is 26.3 Å². The predicted octanol–water partition coefficient (Wildman–Crippen LogP) is 13.0. The Kier molecular flexibility index (Phi) is 10.7. The molecule has 2 heterocycles. The van der Waals surface area contributed by atoms with Crippen molar-refractivity contribution in [2.75, 3.05) is 0 Å². The molecule has 0 radical (unpaired) electrons. The van der Waals surface area contributed by atoms with Crippen LogP contribution in [0.4, 0.5) is 0 Å². The van der Waals surface area contributed by atoms with Gasteiger partial charge in [-0.15, -0.1) is 24.8 Å². The van der Waals surface area contributed by atoms with Gasteiger partial charge in [-0.05, 0) is 0 Å². The van der Waals surface area contributed by atoms with Gasteiger partial charge in [0.1, 0.15) is 0 Å². The molecular weight excluding hydrogens is 751 g/mol. The Balaban J connectivity index is 0.00000216. The zero-order chi connectivity index (χ0) is 33.1. The van der Waals surface area contributed by atoms with Gasteiger partial charge in [-0.3, -0.25) is 0 Å². The number of benzene rings is 4. The summed E-state index contributed by atoms with van der Waals surface area (Å²) in [5.41, 5.74) is 15.7. The van der Waals surface area contributed by atoms with Crippen molar-refractivity contribution < 1.29 is 29.2 Å². The molecular formula is C44H42Cl2O2SiZr. The molecule has 2 unspecified atom stereocenters. The normalized spacial score (nSPS) is 15.7. The summed E-state index contributed by atoms with van der Waals surface area (Å²) in [5.74, 6) is 3.98. The molecule has 4 aromatic carbocycles. The standard InChI is InChI=1S/2C21H17O.C2H6Si.2ClH.Zr/c2*1-14-8-10-17-12-18(20-11-9-15(2)22-20)13-19(17)21(14)16-6-4-3-5-7-16;1-3-2;;;/h2*3-13H,1-2H3;1-2H3;2*1H;. The molecule has 0 aliphatic heterocycles. The number of halogens is 2. The number of rotatable bonds is 6. The summed E-state index contributed by atoms with van der Waals surface area (Å²) >= 11 is -2.60. The summed E-state index contributed by atoms with van der Waals surface area (Å²) in [7, 11) is 0. The molecule has 2 atom stereocenters. The van der Waals surface area contributed by atoms with Crippen molar-refractivity contribution in [2.45, 2.75) is 48.0 Å². The largest absolute Gasteiger partial charge is 0.147 e. The minimum absolute atomic E-state index is 0. The van der Waals surface area contributed by atoms with E-state index in [0.717, 1.165) is 23.0 Å². The van der Waals surface area contributed by atoms with Gasteiger partial charge in [0.15, 0.2) is 0 Å². The molecule has 6 heteroatoms. The van der Waals surface area contributed by atoms with Crippen molar-refractivity contribution in [1.82, 2.24) is 0 Å². The van der Waals surface area contributed by atoms with Crippen LogP contribution in [0.25, 0.3) is 45.6 Å². The van der Waals surface area contributed by atoms with Crippen LogP contribution in [0.5, 0.6) is 0 Å². The van der Waals surface area contributed by atoms with Gasteiger partial charge in [0.25, 0.3) is 0 Å². The van der Waals surface area contributed by atoms with Crippen LogP contribution in [0.15, 0.2) is 118 Å². The third-order valence-electron chi connectivity index (χ3n) is 10.2. The number of fused-ring (bicyclic) bond motifs is 2. The van der Waals surface area contributed by atoms with E-state index in [-0.39, 0.29) is 24.8 Å². The molecule has 6 aromatic rings. The van der Waals surface area contributed by atoms with E-state index in [0.29, 0.717) is 7.25 Å². The Labute approximate surface area is 316 Å². The number of furan rings is 2. The molecule has 8 rings (SSSR count). The monoisotopic (exact) mass is 790 g/mol. The van der Waals surface area contributed by atoms with Crippen molar-refractivity contribution in [3.8, 4) is 22.3 Å². The van der Waals surface area contributed by atoms with Gasteiger partial charge >= 0.3 is 294 Å². The Morgan fingerprint density at radius 2 is 0.900 bits per heavy atom. The minimum atomic E-state index is -2.60. The maximum absolute atomic E-state index is 6.52. The van der Waals surface area contributed by atoms with Gasteiger partial charge in [-0.25, -0.2) is 0 Å². The smallest absolute Gasteiger partial charge is 0.147 e. The molecule has 0 saturated heterocycles. The summed E-state index contributed by atoms with van der Waals surface area (Å²) < 4.78 is 13.7. The van der Waals surface area contributed by atoms with Gasteiger partial charge in [0.2, 0.25) is 0 Å². The fourth-order valence-corrected chi connectivity index (χ4v) is 27.9. The van der Waals surface area contributed by atoms with E-state index < -0.39 is 25.8 Å². The first kappa shape index (κ1) is 36.4. The Morgan fingerprint density at radius 3 is 1.24 bits per heavy atom. The van der Waals surface area contributed by atoms with Crippen LogP contribution >= 0.6 is 24.8 Å². The third-order valence-corrected chi connectivity index (χ3v) is 29.4. The van der Waals surface area contributed by atoms with Crippen LogP contribution in [-0.4, -0.2) is 5.43 Å². The zero-order valence-corrected chi connectivity index (χ0v) is 34.4. The van der Waals surface area contributed by atoms with E-state index in [1.165, 1.54) is 66.8 Å². The average molecular weight is 793 g/mol. The maximum atomic E-state index is 6.52. The summed E-state index contributed by atoms with van der Waals surface area (Å²) in [6.07, 6.45) is 5.00. The second-order valence-corrected chi connectivity index (χ2v) is 31.5. The van der Waals surface area contributed by atoms with Crippen LogP contribution in [-0.2, 0) is 20.4 Å². The molecule has 50 heavy (non-hydrogen) atoms. The molecule has 0 bridgehead atoms. The van der Waals surface area contributed by atoms with Gasteiger partial charge in [0.05, 0.1) is 0 Å². The first-order valence-electron chi connectivity index (χ1n) is 16.9. The van der Waals surface area contributed by atoms with E-state index in [4.69, 9.17) is 8.83 Å². The maximum Gasteiger partial charge on any atom is -0.147 e. The molecule has 2 aliphatic carbocycles. The quantitative estimate of drug-likeness (QED) is 0.157. The van der Waals surface area contributed by atoms with Gasteiger partial charge in [0, 0.05) is 0 Å². The van der Waals surface area contributed by atoms with Crippen LogP contribution in [0.3, 0.4) is 0 Å². The van der Waals surface area contributed by atoms with E-state index in [1.807, 2.05) is 0 Å². The SMILES string of the molecule is Cc1ccc(C2=Cc3c(ccc(C)c3-c3ccccc3)[CH]2[Zr]([CH]2C(c3ccc(C)o3)=Cc3c2ccc(C)c3-c2ccccc2)=[Si](C)C)o1.Cl.Cl. The molecule has 2 nitrogen and oxygen atoms in total. The molecule has 0 N–H and O–H groups in total. The Hall–Kier alpha value is -3.40. The first-order chi connectivity index (χ1) is 23.3. The molecule has 0 saturated carbocycles. The third kappa shape index (κ3) is 6.24. The van der Waals surface area contributed by atoms with Crippen LogP contribution in [0.2, 0.25) is 13.1 Å². The fraction of sp³-hybridized carbons (Fsp3) is 0.182. The Bertz CT molecular complexity index is 2150. The molecule has 252 valence electrons. The van der Waals surface area contributed by atoms with Crippen LogP contribution in [0.1, 0.15) is 63.7 Å². The number of allylic oxidation sites excluding steroid dienone is 2. The van der Waals surface area contributed by atoms with Crippen molar-refractivity contribution in [2.24, 2.45) is 0 Å². The summed E-state index contributed by atoms with van der Waals surface area (Å²) in [4.78, 5) is 0. The summed E-state index contributed by atoms with van der Waals surface area (Å²) in [5, 5.41) is 0. The molecule has 0 spiro atoms. The molecule has 2 aromatic heterocycles. The number of aryl methyl sites for hydroxylation is 4. The van der Waals surface area contributed by atoms with Crippen molar-refractivity contribution in [1.29, 1.82) is 0 Å².